The molecule has 2 N–H and O–H groups in total. The van der Waals surface area contributed by atoms with E-state index in [2.05, 4.69) is 0 Å². The van der Waals surface area contributed by atoms with Gasteiger partial charge in [-0.25, -0.2) is 0 Å². The van der Waals surface area contributed by atoms with E-state index in [1.54, 1.807) is 10.7 Å². The molecule has 5 heteroatoms. The molecule has 0 aliphatic carbocycles. The van der Waals surface area contributed by atoms with Crippen molar-refractivity contribution in [2.75, 3.05) is 0 Å². The van der Waals surface area contributed by atoms with Crippen LogP contribution in [0.1, 0.15) is 40.5 Å². The van der Waals surface area contributed by atoms with Gasteiger partial charge in [0.25, 0.3) is 0 Å². The van der Waals surface area contributed by atoms with Crippen LogP contribution in [0.5, 0.6) is 0 Å². The standard InChI is InChI=1S/C9H18N2O3/c1-8(2)5-7(12)6-9(3,4)11(8)14-10-13/h10,13H,5-6H2,1-4H3. The third kappa shape index (κ3) is 2.12. The van der Waals surface area contributed by atoms with Crippen LogP contribution in [0.2, 0.25) is 0 Å². The van der Waals surface area contributed by atoms with Crippen molar-refractivity contribution in [3.8, 4) is 0 Å². The molecule has 0 spiro atoms. The molecule has 14 heavy (non-hydrogen) atoms. The normalized spacial score (nSPS) is 26.5. The summed E-state index contributed by atoms with van der Waals surface area (Å²) in [6.07, 6.45) is 0.857. The van der Waals surface area contributed by atoms with Gasteiger partial charge in [0.15, 0.2) is 0 Å². The fourth-order valence-corrected chi connectivity index (χ4v) is 2.28. The molecule has 5 nitrogen and oxygen atoms in total. The molecule has 0 aromatic carbocycles. The highest BCUT2D eigenvalue weighted by molar-refractivity contribution is 5.81. The summed E-state index contributed by atoms with van der Waals surface area (Å²) in [6.45, 7) is 7.62. The Morgan fingerprint density at radius 2 is 1.71 bits per heavy atom. The number of ketones is 1. The molecule has 0 aromatic rings. The Morgan fingerprint density at radius 3 is 2.07 bits per heavy atom. The molecule has 1 saturated heterocycles. The van der Waals surface area contributed by atoms with Crippen LogP contribution >= 0.6 is 0 Å². The second-order valence-corrected chi connectivity index (χ2v) is 4.99. The number of hydroxylamine groups is 2. The average Bonchev–Trinajstić information content (AvgIpc) is 1.94. The summed E-state index contributed by atoms with van der Waals surface area (Å²) < 4.78 is 0. The Hall–Kier alpha value is -0.490. The van der Waals surface area contributed by atoms with Crippen molar-refractivity contribution in [3.05, 3.63) is 0 Å². The van der Waals surface area contributed by atoms with Crippen LogP contribution < -0.4 is 5.64 Å². The molecule has 1 heterocycles. The SMILES string of the molecule is CC1(C)CC(=O)CC(C)(C)N1ONO. The Labute approximate surface area is 83.9 Å². The fraction of sp³-hybridized carbons (Fsp3) is 0.889. The van der Waals surface area contributed by atoms with Gasteiger partial charge in [0.1, 0.15) is 5.78 Å². The zero-order valence-corrected chi connectivity index (χ0v) is 9.13. The van der Waals surface area contributed by atoms with E-state index >= 15 is 0 Å². The van der Waals surface area contributed by atoms with Gasteiger partial charge < -0.3 is 0 Å². The van der Waals surface area contributed by atoms with Crippen molar-refractivity contribution in [2.24, 2.45) is 0 Å². The Balaban J connectivity index is 2.90. The third-order valence-corrected chi connectivity index (χ3v) is 2.49. The maximum atomic E-state index is 11.5. The van der Waals surface area contributed by atoms with Crippen molar-refractivity contribution in [3.63, 3.8) is 0 Å². The van der Waals surface area contributed by atoms with E-state index in [-0.39, 0.29) is 5.78 Å². The number of hydrogen-bond donors (Lipinski definition) is 2. The van der Waals surface area contributed by atoms with Gasteiger partial charge in [-0.05, 0) is 27.7 Å². The average molecular weight is 202 g/mol. The molecule has 0 amide bonds. The van der Waals surface area contributed by atoms with Crippen LogP contribution in [0, 0.1) is 0 Å². The highest BCUT2D eigenvalue weighted by Gasteiger charge is 2.46. The molecular weight excluding hydrogens is 184 g/mol. The number of nitrogens with one attached hydrogen (secondary N) is 1. The maximum Gasteiger partial charge on any atom is 0.136 e. The summed E-state index contributed by atoms with van der Waals surface area (Å²) in [6, 6.07) is 0. The van der Waals surface area contributed by atoms with Crippen molar-refractivity contribution in [2.45, 2.75) is 51.6 Å². The molecule has 0 atom stereocenters. The van der Waals surface area contributed by atoms with Crippen molar-refractivity contribution >= 4 is 5.78 Å². The lowest BCUT2D eigenvalue weighted by Crippen LogP contribution is -2.61. The molecule has 82 valence electrons. The number of hydrogen-bond acceptors (Lipinski definition) is 5. The Kier molecular flexibility index (Phi) is 2.96. The van der Waals surface area contributed by atoms with Crippen molar-refractivity contribution in [1.82, 2.24) is 10.7 Å². The predicted octanol–water partition coefficient (Wildman–Crippen LogP) is 1.03. The van der Waals surface area contributed by atoms with Gasteiger partial charge in [0.2, 0.25) is 0 Å². The van der Waals surface area contributed by atoms with Gasteiger partial charge >= 0.3 is 0 Å². The first-order valence-electron chi connectivity index (χ1n) is 4.68. The molecule has 0 unspecified atom stereocenters. The summed E-state index contributed by atoms with van der Waals surface area (Å²) in [5, 5.41) is 10.2. The second kappa shape index (κ2) is 3.58. The van der Waals surface area contributed by atoms with Crippen LogP contribution in [0.15, 0.2) is 0 Å². The smallest absolute Gasteiger partial charge is 0.136 e. The molecule has 1 rings (SSSR count). The number of Topliss-reactive ketones (excluding diaryl/α,β-unsaturated/α-hetero) is 1. The van der Waals surface area contributed by atoms with Gasteiger partial charge in [-0.1, -0.05) is 5.64 Å². The lowest BCUT2D eigenvalue weighted by Gasteiger charge is -2.49. The molecule has 0 radical (unpaired) electrons. The minimum Gasteiger partial charge on any atom is -0.300 e. The minimum absolute atomic E-state index is 0.220. The number of nitrogens with zero attached hydrogens (tertiary/aromatic N) is 1. The van der Waals surface area contributed by atoms with Crippen LogP contribution in [0.4, 0.5) is 0 Å². The highest BCUT2D eigenvalue weighted by Crippen LogP contribution is 2.35. The first-order chi connectivity index (χ1) is 6.29. The summed E-state index contributed by atoms with van der Waals surface area (Å²) in [5.41, 5.74) is 0.862. The van der Waals surface area contributed by atoms with Crippen LogP contribution in [0.25, 0.3) is 0 Å². The fourth-order valence-electron chi connectivity index (χ4n) is 2.28. The first-order valence-corrected chi connectivity index (χ1v) is 4.68. The second-order valence-electron chi connectivity index (χ2n) is 4.99. The number of rotatable bonds is 2. The predicted molar refractivity (Wildman–Crippen MR) is 50.2 cm³/mol. The number of carbonyl (C=O) groups excluding carboxylic acids is 1. The monoisotopic (exact) mass is 202 g/mol. The minimum atomic E-state index is -0.408. The van der Waals surface area contributed by atoms with E-state index in [9.17, 15) is 4.79 Å². The van der Waals surface area contributed by atoms with Crippen LogP contribution in [0.3, 0.4) is 0 Å². The zero-order valence-electron chi connectivity index (χ0n) is 9.13. The van der Waals surface area contributed by atoms with Gasteiger partial charge in [-0.2, -0.15) is 10.0 Å². The van der Waals surface area contributed by atoms with E-state index in [1.165, 1.54) is 0 Å². The number of piperidine rings is 1. The Morgan fingerprint density at radius 1 is 1.29 bits per heavy atom. The van der Waals surface area contributed by atoms with Gasteiger partial charge in [-0.15, -0.1) is 0 Å². The lowest BCUT2D eigenvalue weighted by molar-refractivity contribution is -0.356. The molecule has 1 fully saturated rings. The van der Waals surface area contributed by atoms with Crippen molar-refractivity contribution < 1.29 is 14.9 Å². The molecule has 0 aromatic heterocycles. The number of carbonyl (C=O) groups is 1. The summed E-state index contributed by atoms with van der Waals surface area (Å²) in [7, 11) is 0. The topological polar surface area (TPSA) is 61.8 Å². The Bertz CT molecular complexity index is 218. The molecule has 1 aliphatic heterocycles. The maximum absolute atomic E-state index is 11.5. The zero-order chi connectivity index (χ0) is 11.0. The largest absolute Gasteiger partial charge is 0.300 e. The third-order valence-electron chi connectivity index (χ3n) is 2.49. The lowest BCUT2D eigenvalue weighted by atomic mass is 9.81. The van der Waals surface area contributed by atoms with Crippen LogP contribution in [-0.4, -0.2) is 27.1 Å². The molecule has 1 aliphatic rings. The summed E-state index contributed by atoms with van der Waals surface area (Å²) in [4.78, 5) is 16.4. The molecule has 0 saturated carbocycles. The van der Waals surface area contributed by atoms with Crippen LogP contribution in [-0.2, 0) is 9.73 Å². The van der Waals surface area contributed by atoms with E-state index < -0.39 is 11.1 Å². The van der Waals surface area contributed by atoms with E-state index in [1.807, 2.05) is 27.7 Å². The van der Waals surface area contributed by atoms with Crippen molar-refractivity contribution in [1.29, 1.82) is 0 Å². The summed E-state index contributed by atoms with van der Waals surface area (Å²) >= 11 is 0. The highest BCUT2D eigenvalue weighted by atomic mass is 16.9. The van der Waals surface area contributed by atoms with E-state index in [0.29, 0.717) is 12.8 Å². The molecule has 0 bridgehead atoms. The van der Waals surface area contributed by atoms with Gasteiger partial charge in [0.05, 0.1) is 11.1 Å². The van der Waals surface area contributed by atoms with E-state index in [4.69, 9.17) is 10.1 Å². The molecular formula is C9H18N2O3. The van der Waals surface area contributed by atoms with E-state index in [0.717, 1.165) is 0 Å². The summed E-state index contributed by atoms with van der Waals surface area (Å²) in [5.74, 6) is 0.220. The first kappa shape index (κ1) is 11.6. The van der Waals surface area contributed by atoms with Gasteiger partial charge in [0, 0.05) is 12.8 Å². The quantitative estimate of drug-likeness (QED) is 0.655. The van der Waals surface area contributed by atoms with Gasteiger partial charge in [-0.3, -0.25) is 10.0 Å².